The molecule has 0 unspecified atom stereocenters. The molecule has 0 aliphatic heterocycles. The van der Waals surface area contributed by atoms with Crippen LogP contribution < -0.4 is 0 Å². The van der Waals surface area contributed by atoms with Gasteiger partial charge < -0.3 is 42.6 Å². The Balaban J connectivity index is 2.96. The molecule has 0 atom stereocenters. The van der Waals surface area contributed by atoms with Gasteiger partial charge in [-0.3, -0.25) is 0 Å². The van der Waals surface area contributed by atoms with E-state index in [1.807, 2.05) is 0 Å². The molecule has 0 heterocycles. The topological polar surface area (TPSA) is 83.1 Å². The van der Waals surface area contributed by atoms with Crippen LogP contribution in [0.5, 0.6) is 0 Å². The monoisotopic (exact) mass is 430 g/mol. The van der Waals surface area contributed by atoms with Gasteiger partial charge in [-0.15, -0.1) is 0 Å². The van der Waals surface area contributed by atoms with E-state index >= 15 is 0 Å². The number of rotatable bonds is 25. The van der Waals surface area contributed by atoms with Gasteiger partial charge in [0, 0.05) is 7.11 Å². The van der Waals surface area contributed by atoms with Crippen LogP contribution in [0.2, 0.25) is 0 Å². The Labute approximate surface area is 174 Å². The molecule has 0 spiro atoms. The lowest BCUT2D eigenvalue weighted by Gasteiger charge is -2.08. The lowest BCUT2D eigenvalue weighted by Crippen LogP contribution is -2.15. The molecule has 0 N–H and O–H groups in total. The van der Waals surface area contributed by atoms with Gasteiger partial charge in [0.15, 0.2) is 0 Å². The Kier molecular flexibility index (Phi) is 27.0. The van der Waals surface area contributed by atoms with Crippen LogP contribution in [-0.4, -0.2) is 119 Å². The van der Waals surface area contributed by atoms with Crippen molar-refractivity contribution in [3.8, 4) is 0 Å². The van der Waals surface area contributed by atoms with Crippen molar-refractivity contribution < 1.29 is 42.6 Å². The molecular formula is C18H38O9S. The summed E-state index contributed by atoms with van der Waals surface area (Å²) in [7, 11) is 1.65. The highest BCUT2D eigenvalue weighted by molar-refractivity contribution is 7.80. The normalized spacial score (nSPS) is 11.4. The number of hydrogen-bond donors (Lipinski definition) is 1. The van der Waals surface area contributed by atoms with E-state index in [2.05, 4.69) is 12.6 Å². The zero-order chi connectivity index (χ0) is 20.4. The second kappa shape index (κ2) is 27.0. The maximum atomic E-state index is 5.41. The van der Waals surface area contributed by atoms with Crippen LogP contribution in [0.4, 0.5) is 0 Å². The third-order valence-electron chi connectivity index (χ3n) is 3.13. The fraction of sp³-hybridized carbons (Fsp3) is 1.00. The summed E-state index contributed by atoms with van der Waals surface area (Å²) in [6, 6.07) is 0. The lowest BCUT2D eigenvalue weighted by atomic mass is 10.6. The Bertz CT molecular complexity index is 249. The molecule has 0 amide bonds. The van der Waals surface area contributed by atoms with Crippen LogP contribution in [-0.2, 0) is 42.6 Å². The molecule has 0 aromatic rings. The predicted octanol–water partition coefficient (Wildman–Crippen LogP) is 0.653. The molecule has 0 fully saturated rings. The first-order valence-corrected chi connectivity index (χ1v) is 10.3. The highest BCUT2D eigenvalue weighted by atomic mass is 32.1. The highest BCUT2D eigenvalue weighted by Gasteiger charge is 1.94. The first-order chi connectivity index (χ1) is 13.9. The summed E-state index contributed by atoms with van der Waals surface area (Å²) in [6.45, 7) is 8.82. The Morgan fingerprint density at radius 3 is 0.786 bits per heavy atom. The molecule has 0 aliphatic carbocycles. The van der Waals surface area contributed by atoms with Crippen LogP contribution in [0.15, 0.2) is 0 Å². The van der Waals surface area contributed by atoms with Gasteiger partial charge in [-0.1, -0.05) is 0 Å². The minimum Gasteiger partial charge on any atom is -0.382 e. The molecule has 0 bridgehead atoms. The maximum absolute atomic E-state index is 5.41. The van der Waals surface area contributed by atoms with E-state index in [1.54, 1.807) is 7.11 Å². The first-order valence-electron chi connectivity index (χ1n) is 9.63. The molecule has 170 valence electrons. The van der Waals surface area contributed by atoms with Gasteiger partial charge in [0.2, 0.25) is 0 Å². The van der Waals surface area contributed by atoms with Gasteiger partial charge in [0.1, 0.15) is 0 Å². The summed E-state index contributed by atoms with van der Waals surface area (Å²) in [6.07, 6.45) is 0. The van der Waals surface area contributed by atoms with Crippen molar-refractivity contribution in [3.05, 3.63) is 0 Å². The SMILES string of the molecule is COCCOCCOCCOCCOCCOCCOCCOCCOCS. The van der Waals surface area contributed by atoms with Crippen molar-refractivity contribution in [2.45, 2.75) is 0 Å². The predicted molar refractivity (Wildman–Crippen MR) is 107 cm³/mol. The highest BCUT2D eigenvalue weighted by Crippen LogP contribution is 1.86. The van der Waals surface area contributed by atoms with Crippen molar-refractivity contribution in [1.82, 2.24) is 0 Å². The molecule has 0 aromatic heterocycles. The van der Waals surface area contributed by atoms with Crippen molar-refractivity contribution in [2.75, 3.05) is 119 Å². The van der Waals surface area contributed by atoms with Gasteiger partial charge in [0.05, 0.1) is 112 Å². The van der Waals surface area contributed by atoms with Gasteiger partial charge in [-0.2, -0.15) is 12.6 Å². The van der Waals surface area contributed by atoms with E-state index in [0.717, 1.165) is 0 Å². The molecule has 0 radical (unpaired) electrons. The minimum atomic E-state index is 0.412. The molecule has 28 heavy (non-hydrogen) atoms. The standard InChI is InChI=1S/C18H38O9S/c1-19-2-3-20-4-5-21-6-7-22-8-9-23-10-11-24-12-13-25-14-15-26-16-17-27-18-28/h28H,2-18H2,1H3. The zero-order valence-corrected chi connectivity index (χ0v) is 18.0. The van der Waals surface area contributed by atoms with Crippen LogP contribution in [0.3, 0.4) is 0 Å². The van der Waals surface area contributed by atoms with Crippen molar-refractivity contribution in [2.24, 2.45) is 0 Å². The van der Waals surface area contributed by atoms with Gasteiger partial charge >= 0.3 is 0 Å². The Morgan fingerprint density at radius 1 is 0.357 bits per heavy atom. The molecule has 0 aromatic carbocycles. The summed E-state index contributed by atoms with van der Waals surface area (Å²) < 4.78 is 47.4. The molecule has 9 nitrogen and oxygen atoms in total. The van der Waals surface area contributed by atoms with E-state index in [-0.39, 0.29) is 0 Å². The van der Waals surface area contributed by atoms with E-state index in [4.69, 9.17) is 42.6 Å². The molecule has 0 saturated carbocycles. The molecule has 0 rings (SSSR count). The van der Waals surface area contributed by atoms with Crippen molar-refractivity contribution in [1.29, 1.82) is 0 Å². The quantitative estimate of drug-likeness (QED) is 0.128. The second-order valence-electron chi connectivity index (χ2n) is 5.32. The summed E-state index contributed by atoms with van der Waals surface area (Å²) in [5, 5.41) is 0. The van der Waals surface area contributed by atoms with Gasteiger partial charge in [0.25, 0.3) is 0 Å². The van der Waals surface area contributed by atoms with E-state index in [1.165, 1.54) is 0 Å². The van der Waals surface area contributed by atoms with E-state index < -0.39 is 0 Å². The van der Waals surface area contributed by atoms with Crippen LogP contribution in [0.25, 0.3) is 0 Å². The lowest BCUT2D eigenvalue weighted by molar-refractivity contribution is -0.0236. The van der Waals surface area contributed by atoms with Crippen molar-refractivity contribution >= 4 is 12.6 Å². The number of hydrogen-bond acceptors (Lipinski definition) is 10. The number of thiol groups is 1. The average Bonchev–Trinajstić information content (AvgIpc) is 2.71. The minimum absolute atomic E-state index is 0.412. The van der Waals surface area contributed by atoms with E-state index in [0.29, 0.717) is 112 Å². The first kappa shape index (κ1) is 28.0. The fourth-order valence-corrected chi connectivity index (χ4v) is 1.88. The van der Waals surface area contributed by atoms with Crippen LogP contribution in [0.1, 0.15) is 0 Å². The molecule has 0 aliphatic rings. The smallest absolute Gasteiger partial charge is 0.0893 e. The average molecular weight is 431 g/mol. The summed E-state index contributed by atoms with van der Waals surface area (Å²) in [5.74, 6) is 0.412. The molecule has 10 heteroatoms. The molecular weight excluding hydrogens is 392 g/mol. The third-order valence-corrected chi connectivity index (χ3v) is 3.31. The second-order valence-corrected chi connectivity index (χ2v) is 5.57. The number of ether oxygens (including phenoxy) is 9. The van der Waals surface area contributed by atoms with Crippen molar-refractivity contribution in [3.63, 3.8) is 0 Å². The van der Waals surface area contributed by atoms with Gasteiger partial charge in [-0.25, -0.2) is 0 Å². The summed E-state index contributed by atoms with van der Waals surface area (Å²) in [5.41, 5.74) is 0. The summed E-state index contributed by atoms with van der Waals surface area (Å²) >= 11 is 3.93. The maximum Gasteiger partial charge on any atom is 0.0893 e. The summed E-state index contributed by atoms with van der Waals surface area (Å²) in [4.78, 5) is 0. The largest absolute Gasteiger partial charge is 0.382 e. The fourth-order valence-electron chi connectivity index (χ4n) is 1.75. The zero-order valence-electron chi connectivity index (χ0n) is 17.1. The Hall–Kier alpha value is -0.0100. The van der Waals surface area contributed by atoms with Crippen LogP contribution >= 0.6 is 12.6 Å². The molecule has 0 saturated heterocycles. The number of methoxy groups -OCH3 is 1. The van der Waals surface area contributed by atoms with Gasteiger partial charge in [-0.05, 0) is 0 Å². The van der Waals surface area contributed by atoms with Crippen LogP contribution in [0, 0.1) is 0 Å². The Morgan fingerprint density at radius 2 is 0.571 bits per heavy atom. The van der Waals surface area contributed by atoms with E-state index in [9.17, 15) is 0 Å². The third kappa shape index (κ3) is 26.0.